The van der Waals surface area contributed by atoms with E-state index in [1.165, 1.54) is 12.1 Å². The van der Waals surface area contributed by atoms with Crippen molar-refractivity contribution in [3.63, 3.8) is 0 Å². The van der Waals surface area contributed by atoms with Crippen molar-refractivity contribution in [1.29, 1.82) is 0 Å². The molecule has 112 valence electrons. The molecule has 0 bridgehead atoms. The molecule has 0 aliphatic heterocycles. The molecule has 6 heteroatoms. The van der Waals surface area contributed by atoms with Crippen molar-refractivity contribution >= 4 is 26.0 Å². The van der Waals surface area contributed by atoms with E-state index in [-0.39, 0.29) is 10.7 Å². The molecule has 3 nitrogen and oxygen atoms in total. The normalized spacial score (nSPS) is 13.1. The zero-order valence-electron chi connectivity index (χ0n) is 11.6. The van der Waals surface area contributed by atoms with Crippen molar-refractivity contribution in [1.82, 2.24) is 4.72 Å². The summed E-state index contributed by atoms with van der Waals surface area (Å²) >= 11 is 3.27. The van der Waals surface area contributed by atoms with Crippen LogP contribution < -0.4 is 4.72 Å². The summed E-state index contributed by atoms with van der Waals surface area (Å²) in [6.45, 7) is 3.46. The fraction of sp³-hybridized carbons (Fsp3) is 0.200. The van der Waals surface area contributed by atoms with Crippen LogP contribution in [-0.2, 0) is 10.0 Å². The average molecular weight is 372 g/mol. The van der Waals surface area contributed by atoms with Crippen molar-refractivity contribution < 1.29 is 12.8 Å². The number of halogens is 2. The van der Waals surface area contributed by atoms with E-state index in [4.69, 9.17) is 0 Å². The van der Waals surface area contributed by atoms with Crippen molar-refractivity contribution in [3.8, 4) is 0 Å². The van der Waals surface area contributed by atoms with E-state index in [2.05, 4.69) is 20.7 Å². The minimum absolute atomic E-state index is 0.228. The molecule has 2 rings (SSSR count). The van der Waals surface area contributed by atoms with Crippen LogP contribution in [0.15, 0.2) is 51.8 Å². The lowest BCUT2D eigenvalue weighted by Gasteiger charge is -2.16. The van der Waals surface area contributed by atoms with Gasteiger partial charge in [0.25, 0.3) is 0 Å². The molecule has 0 aromatic heterocycles. The Morgan fingerprint density at radius 1 is 1.14 bits per heavy atom. The Morgan fingerprint density at radius 3 is 2.38 bits per heavy atom. The molecule has 0 spiro atoms. The van der Waals surface area contributed by atoms with Crippen molar-refractivity contribution in [2.45, 2.75) is 24.8 Å². The second-order valence-corrected chi connectivity index (χ2v) is 7.40. The van der Waals surface area contributed by atoms with Gasteiger partial charge in [0.1, 0.15) is 5.82 Å². The monoisotopic (exact) mass is 371 g/mol. The molecule has 21 heavy (non-hydrogen) atoms. The minimum Gasteiger partial charge on any atom is -0.207 e. The van der Waals surface area contributed by atoms with Gasteiger partial charge in [-0.15, -0.1) is 0 Å². The van der Waals surface area contributed by atoms with Gasteiger partial charge in [-0.05, 0) is 49.2 Å². The predicted molar refractivity (Wildman–Crippen MR) is 84.0 cm³/mol. The molecule has 0 aliphatic rings. The number of nitrogens with one attached hydrogen (secondary N) is 1. The first-order valence-corrected chi connectivity index (χ1v) is 8.61. The van der Waals surface area contributed by atoms with Gasteiger partial charge >= 0.3 is 0 Å². The molecular formula is C15H15BrFNO2S. The third-order valence-corrected chi connectivity index (χ3v) is 5.32. The van der Waals surface area contributed by atoms with Crippen LogP contribution in [0, 0.1) is 12.7 Å². The third kappa shape index (κ3) is 3.90. The molecule has 0 amide bonds. The molecule has 0 fully saturated rings. The van der Waals surface area contributed by atoms with Gasteiger partial charge in [-0.2, -0.15) is 0 Å². The van der Waals surface area contributed by atoms with Crippen LogP contribution >= 0.6 is 15.9 Å². The van der Waals surface area contributed by atoms with E-state index >= 15 is 0 Å². The summed E-state index contributed by atoms with van der Waals surface area (Å²) in [5.74, 6) is -0.350. The van der Waals surface area contributed by atoms with Gasteiger partial charge in [0.15, 0.2) is 0 Å². The number of benzene rings is 2. The van der Waals surface area contributed by atoms with Gasteiger partial charge in [-0.25, -0.2) is 17.5 Å². The van der Waals surface area contributed by atoms with Gasteiger partial charge in [-0.3, -0.25) is 0 Å². The summed E-state index contributed by atoms with van der Waals surface area (Å²) in [7, 11) is -3.64. The Kier molecular flexibility index (Phi) is 4.81. The molecule has 0 saturated heterocycles. The zero-order chi connectivity index (χ0) is 15.6. The fourth-order valence-corrected chi connectivity index (χ4v) is 3.99. The number of hydrogen-bond acceptors (Lipinski definition) is 2. The van der Waals surface area contributed by atoms with Crippen LogP contribution in [0.25, 0.3) is 0 Å². The zero-order valence-corrected chi connectivity index (χ0v) is 14.0. The Balaban J connectivity index is 2.28. The molecule has 2 aromatic rings. The first kappa shape index (κ1) is 16.1. The van der Waals surface area contributed by atoms with Gasteiger partial charge in [0.05, 0.1) is 4.90 Å². The molecule has 1 N–H and O–H groups in total. The summed E-state index contributed by atoms with van der Waals surface area (Å²) in [6, 6.07) is 10.4. The Labute approximate surface area is 132 Å². The van der Waals surface area contributed by atoms with Crippen LogP contribution in [0.3, 0.4) is 0 Å². The first-order valence-electron chi connectivity index (χ1n) is 6.33. The third-order valence-electron chi connectivity index (χ3n) is 3.14. The maximum atomic E-state index is 12.9. The maximum absolute atomic E-state index is 12.9. The van der Waals surface area contributed by atoms with E-state index in [9.17, 15) is 12.8 Å². The first-order chi connectivity index (χ1) is 9.79. The summed E-state index contributed by atoms with van der Waals surface area (Å²) in [5, 5.41) is 0. The highest BCUT2D eigenvalue weighted by molar-refractivity contribution is 9.10. The highest BCUT2D eigenvalue weighted by Gasteiger charge is 2.20. The smallest absolute Gasteiger partial charge is 0.207 e. The van der Waals surface area contributed by atoms with Crippen molar-refractivity contribution in [2.24, 2.45) is 0 Å². The Morgan fingerprint density at radius 2 is 1.76 bits per heavy atom. The predicted octanol–water partition coefficient (Wildman–Crippen LogP) is 3.94. The number of aryl methyl sites for hydroxylation is 1. The van der Waals surface area contributed by atoms with Gasteiger partial charge in [0.2, 0.25) is 10.0 Å². The van der Waals surface area contributed by atoms with Crippen molar-refractivity contribution in [2.75, 3.05) is 0 Å². The number of sulfonamides is 1. The summed E-state index contributed by atoms with van der Waals surface area (Å²) < 4.78 is 41.1. The van der Waals surface area contributed by atoms with Gasteiger partial charge in [0, 0.05) is 10.5 Å². The van der Waals surface area contributed by atoms with Crippen molar-refractivity contribution in [3.05, 3.63) is 63.9 Å². The second kappa shape index (κ2) is 6.25. The Bertz CT molecular complexity index is 745. The standard InChI is InChI=1S/C15H15BrFNO2S/c1-10-3-6-13(16)9-15(10)21(19,20)18-11(2)12-4-7-14(17)8-5-12/h3-9,11,18H,1-2H3. The van der Waals surface area contributed by atoms with Crippen LogP contribution in [0.4, 0.5) is 4.39 Å². The summed E-state index contributed by atoms with van der Waals surface area (Å²) in [5.41, 5.74) is 1.37. The van der Waals surface area contributed by atoms with E-state index in [1.807, 2.05) is 0 Å². The Hall–Kier alpha value is -1.24. The van der Waals surface area contributed by atoms with Crippen LogP contribution in [0.2, 0.25) is 0 Å². The van der Waals surface area contributed by atoms with E-state index in [0.29, 0.717) is 15.6 Å². The minimum atomic E-state index is -3.64. The molecule has 0 heterocycles. The number of rotatable bonds is 4. The SMILES string of the molecule is Cc1ccc(Br)cc1S(=O)(=O)NC(C)c1ccc(F)cc1. The molecule has 2 aromatic carbocycles. The second-order valence-electron chi connectivity index (χ2n) is 4.80. The quantitative estimate of drug-likeness (QED) is 0.884. The van der Waals surface area contributed by atoms with Gasteiger partial charge < -0.3 is 0 Å². The maximum Gasteiger partial charge on any atom is 0.241 e. The average Bonchev–Trinajstić information content (AvgIpc) is 2.41. The molecule has 0 saturated carbocycles. The lowest BCUT2D eigenvalue weighted by Crippen LogP contribution is -2.27. The van der Waals surface area contributed by atoms with E-state index < -0.39 is 16.1 Å². The molecule has 0 aliphatic carbocycles. The molecule has 1 unspecified atom stereocenters. The molecular weight excluding hydrogens is 357 g/mol. The van der Waals surface area contributed by atoms with E-state index in [1.54, 1.807) is 44.2 Å². The fourth-order valence-electron chi connectivity index (χ4n) is 1.98. The summed E-state index contributed by atoms with van der Waals surface area (Å²) in [4.78, 5) is 0.228. The highest BCUT2D eigenvalue weighted by atomic mass is 79.9. The van der Waals surface area contributed by atoms with Crippen LogP contribution in [0.5, 0.6) is 0 Å². The number of hydrogen-bond donors (Lipinski definition) is 1. The largest absolute Gasteiger partial charge is 0.241 e. The lowest BCUT2D eigenvalue weighted by atomic mass is 10.1. The lowest BCUT2D eigenvalue weighted by molar-refractivity contribution is 0.566. The topological polar surface area (TPSA) is 46.2 Å². The molecule has 0 radical (unpaired) electrons. The molecule has 1 atom stereocenters. The van der Waals surface area contributed by atoms with Gasteiger partial charge in [-0.1, -0.05) is 34.1 Å². The highest BCUT2D eigenvalue weighted by Crippen LogP contribution is 2.23. The summed E-state index contributed by atoms with van der Waals surface area (Å²) in [6.07, 6.45) is 0. The van der Waals surface area contributed by atoms with E-state index in [0.717, 1.165) is 0 Å². The van der Waals surface area contributed by atoms with Crippen LogP contribution in [-0.4, -0.2) is 8.42 Å². The van der Waals surface area contributed by atoms with Crippen LogP contribution in [0.1, 0.15) is 24.1 Å².